The highest BCUT2D eigenvalue weighted by atomic mass is 15.2. The van der Waals surface area contributed by atoms with E-state index in [4.69, 9.17) is 0 Å². The molecule has 2 aliphatic carbocycles. The van der Waals surface area contributed by atoms with E-state index in [0.717, 1.165) is 25.7 Å². The minimum Gasteiger partial charge on any atom is -0.310 e. The molecule has 0 unspecified atom stereocenters. The van der Waals surface area contributed by atoms with Crippen molar-refractivity contribution in [1.82, 2.24) is 9.13 Å². The molecule has 0 atom stereocenters. The molecule has 0 radical (unpaired) electrons. The molecular formula is C90H74N4. The van der Waals surface area contributed by atoms with E-state index in [9.17, 15) is 0 Å². The van der Waals surface area contributed by atoms with E-state index in [0.29, 0.717) is 0 Å². The van der Waals surface area contributed by atoms with Crippen molar-refractivity contribution in [2.45, 2.75) is 90.9 Å². The molecule has 18 rings (SSSR count). The summed E-state index contributed by atoms with van der Waals surface area (Å²) in [4.78, 5) is 5.37. The van der Waals surface area contributed by atoms with Crippen molar-refractivity contribution in [3.63, 3.8) is 0 Å². The van der Waals surface area contributed by atoms with E-state index in [1.807, 2.05) is 0 Å². The molecule has 0 amide bonds. The number of nitrogens with zero attached hydrogens (tertiary/aromatic N) is 4. The molecule has 16 aromatic rings. The summed E-state index contributed by atoms with van der Waals surface area (Å²) in [5, 5.41) is 12.8. The Morgan fingerprint density at radius 1 is 0.287 bits per heavy atom. The molecule has 0 N–H and O–H groups in total. The number of anilines is 6. The van der Waals surface area contributed by atoms with Gasteiger partial charge in [-0.3, -0.25) is 0 Å². The van der Waals surface area contributed by atoms with E-state index in [-0.39, 0.29) is 11.8 Å². The highest BCUT2D eigenvalue weighted by Gasteiger charge is 2.31. The zero-order chi connectivity index (χ0) is 62.7. The fraction of sp³-hybridized carbons (Fsp3) is 0.156. The summed E-state index contributed by atoms with van der Waals surface area (Å²) in [6.45, 7) is 9.60. The van der Waals surface area contributed by atoms with Crippen LogP contribution in [0.2, 0.25) is 0 Å². The van der Waals surface area contributed by atoms with Crippen molar-refractivity contribution in [3.8, 4) is 33.6 Å². The minimum absolute atomic E-state index is 0.241. The van der Waals surface area contributed by atoms with Gasteiger partial charge >= 0.3 is 0 Å². The van der Waals surface area contributed by atoms with Gasteiger partial charge in [-0.2, -0.15) is 0 Å². The molecule has 0 aliphatic heterocycles. The first-order valence-corrected chi connectivity index (χ1v) is 34.3. The summed E-state index contributed by atoms with van der Waals surface area (Å²) in [6.07, 6.45) is 9.09. The summed E-state index contributed by atoms with van der Waals surface area (Å²) in [6, 6.07) is 102. The van der Waals surface area contributed by atoms with Gasteiger partial charge in [0.1, 0.15) is 0 Å². The van der Waals surface area contributed by atoms with Crippen LogP contribution in [0.1, 0.15) is 98.6 Å². The van der Waals surface area contributed by atoms with Crippen LogP contribution in [-0.4, -0.2) is 9.13 Å². The molecule has 94 heavy (non-hydrogen) atoms. The zero-order valence-electron chi connectivity index (χ0n) is 54.0. The predicted octanol–water partition coefficient (Wildman–Crippen LogP) is 25.1. The van der Waals surface area contributed by atoms with Crippen LogP contribution in [-0.2, 0) is 25.7 Å². The fourth-order valence-corrected chi connectivity index (χ4v) is 16.9. The van der Waals surface area contributed by atoms with Crippen LogP contribution in [0.25, 0.3) is 110 Å². The molecule has 14 aromatic carbocycles. The molecule has 2 aromatic heterocycles. The lowest BCUT2D eigenvalue weighted by molar-refractivity contribution is 0.686. The maximum absolute atomic E-state index is 2.68. The first-order valence-electron chi connectivity index (χ1n) is 34.3. The average molecular weight is 1210 g/mol. The highest BCUT2D eigenvalue weighted by Crippen LogP contribution is 2.54. The van der Waals surface area contributed by atoms with Gasteiger partial charge in [0.25, 0.3) is 0 Å². The van der Waals surface area contributed by atoms with Gasteiger partial charge in [-0.15, -0.1) is 0 Å². The molecule has 0 bridgehead atoms. The highest BCUT2D eigenvalue weighted by molar-refractivity contribution is 6.30. The van der Waals surface area contributed by atoms with Gasteiger partial charge in [0.2, 0.25) is 0 Å². The Hall–Kier alpha value is -10.7. The monoisotopic (exact) mass is 1210 g/mol. The van der Waals surface area contributed by atoms with E-state index in [1.54, 1.807) is 0 Å². The normalized spacial score (nSPS) is 13.4. The van der Waals surface area contributed by atoms with Crippen LogP contribution in [0.4, 0.5) is 34.1 Å². The Morgan fingerprint density at radius 2 is 0.670 bits per heavy atom. The van der Waals surface area contributed by atoms with Crippen molar-refractivity contribution in [3.05, 3.63) is 300 Å². The third kappa shape index (κ3) is 8.86. The van der Waals surface area contributed by atoms with Crippen molar-refractivity contribution in [2.75, 3.05) is 9.80 Å². The van der Waals surface area contributed by atoms with E-state index in [2.05, 4.69) is 314 Å². The fourth-order valence-electron chi connectivity index (χ4n) is 16.9. The summed E-state index contributed by atoms with van der Waals surface area (Å²) in [5.74, 6) is 0.481. The van der Waals surface area contributed by atoms with Gasteiger partial charge < -0.3 is 18.9 Å². The third-order valence-corrected chi connectivity index (χ3v) is 21.2. The van der Waals surface area contributed by atoms with Crippen molar-refractivity contribution < 1.29 is 0 Å². The molecule has 4 nitrogen and oxygen atoms in total. The van der Waals surface area contributed by atoms with Gasteiger partial charge in [0.05, 0.1) is 44.8 Å². The van der Waals surface area contributed by atoms with E-state index in [1.165, 1.54) is 203 Å². The molecule has 454 valence electrons. The first kappa shape index (κ1) is 56.1. The second-order valence-corrected chi connectivity index (χ2v) is 27.1. The molecule has 0 saturated carbocycles. The molecule has 4 heteroatoms. The number of benzene rings is 14. The summed E-state index contributed by atoms with van der Waals surface area (Å²) < 4.78 is 5.00. The van der Waals surface area contributed by atoms with Crippen LogP contribution < -0.4 is 9.80 Å². The summed E-state index contributed by atoms with van der Waals surface area (Å²) >= 11 is 0. The second-order valence-electron chi connectivity index (χ2n) is 27.1. The third-order valence-electron chi connectivity index (χ3n) is 21.2. The smallest absolute Gasteiger partial charge is 0.0543 e. The summed E-state index contributed by atoms with van der Waals surface area (Å²) in [5.41, 5.74) is 27.9. The van der Waals surface area contributed by atoms with E-state index >= 15 is 0 Å². The minimum atomic E-state index is 0.241. The zero-order valence-corrected chi connectivity index (χ0v) is 54.0. The van der Waals surface area contributed by atoms with Gasteiger partial charge in [-0.25, -0.2) is 0 Å². The quantitative estimate of drug-likeness (QED) is 0.113. The van der Waals surface area contributed by atoms with Crippen LogP contribution in [0, 0.1) is 0 Å². The van der Waals surface area contributed by atoms with Gasteiger partial charge in [-0.1, -0.05) is 210 Å². The Balaban J connectivity index is 0.899. The number of para-hydroxylation sites is 4. The lowest BCUT2D eigenvalue weighted by Crippen LogP contribution is -2.17. The largest absolute Gasteiger partial charge is 0.310 e. The number of rotatable bonds is 12. The Morgan fingerprint density at radius 3 is 1.12 bits per heavy atom. The first-order chi connectivity index (χ1) is 46.3. The maximum atomic E-state index is 2.68. The topological polar surface area (TPSA) is 16.3 Å². The molecular weight excluding hydrogens is 1140 g/mol. The number of aromatic nitrogens is 2. The number of fused-ring (bicyclic) bond motifs is 8. The lowest BCUT2D eigenvalue weighted by atomic mass is 9.83. The molecule has 2 heterocycles. The molecule has 0 fully saturated rings. The number of aryl methyl sites for hydroxylation is 2. The van der Waals surface area contributed by atoms with Crippen LogP contribution >= 0.6 is 0 Å². The van der Waals surface area contributed by atoms with Crippen molar-refractivity contribution >= 4 is 110 Å². The van der Waals surface area contributed by atoms with Gasteiger partial charge in [0, 0.05) is 66.2 Å². The molecule has 2 aliphatic rings. The Kier molecular flexibility index (Phi) is 13.5. The van der Waals surface area contributed by atoms with E-state index < -0.39 is 0 Å². The molecule has 0 saturated heterocycles. The second kappa shape index (κ2) is 22.6. The Bertz CT molecular complexity index is 5300. The SMILES string of the molecule is CC(C)c1cc(N(c2ccc3c(c2)c2ccccc2n3-c2ccccc2-c2ccccc2)c2cccc3c2CCCC3)c2ccc3c(C(C)C)cc(N(c4ccc5c(c4)c4ccccc4n5-c4ccccc4-c4ccccc4)c4cccc5c4CCCC5)c4ccc1c2c34. The van der Waals surface area contributed by atoms with Crippen molar-refractivity contribution in [1.29, 1.82) is 0 Å². The number of hydrogen-bond acceptors (Lipinski definition) is 2. The summed E-state index contributed by atoms with van der Waals surface area (Å²) in [7, 11) is 0. The van der Waals surface area contributed by atoms with Gasteiger partial charge in [0.15, 0.2) is 0 Å². The standard InChI is InChI=1S/C90H74N4/c1-57(2)75-55-87(91(79-43-23-31-61-29-11-13-33-65(61)79)63-45-51-85-77(53-63)69-37-17-21-41-83(69)93(85)81-39-19-15-35-67(81)59-25-7-5-8-26-59)73-50-48-72-76(58(3)4)56-88(74-49-47-71(75)89(73)90(72)74)92(80-44-24-32-62-30-12-14-34-66(62)80)64-46-52-86-78(54-64)70-38-18-22-42-84(70)94(86)82-40-20-16-36-68(82)60-27-9-6-10-28-60/h5-10,15-28,31-32,35-58H,11-14,29-30,33-34H2,1-4H3. The molecule has 0 spiro atoms. The number of hydrogen-bond donors (Lipinski definition) is 0. The van der Waals surface area contributed by atoms with Gasteiger partial charge in [-0.05, 0) is 214 Å². The Labute approximate surface area is 550 Å². The van der Waals surface area contributed by atoms with Crippen molar-refractivity contribution in [2.24, 2.45) is 0 Å². The lowest BCUT2D eigenvalue weighted by Gasteiger charge is -2.34. The average Bonchev–Trinajstić information content (AvgIpc) is 0.790. The van der Waals surface area contributed by atoms with Crippen LogP contribution in [0.3, 0.4) is 0 Å². The van der Waals surface area contributed by atoms with Crippen LogP contribution in [0.15, 0.2) is 267 Å². The van der Waals surface area contributed by atoms with Crippen LogP contribution in [0.5, 0.6) is 0 Å². The maximum Gasteiger partial charge on any atom is 0.0543 e. The predicted molar refractivity (Wildman–Crippen MR) is 401 cm³/mol.